The molecule has 1 aromatic carbocycles. The van der Waals surface area contributed by atoms with E-state index in [-0.39, 0.29) is 41.2 Å². The van der Waals surface area contributed by atoms with Gasteiger partial charge in [0.15, 0.2) is 12.6 Å². The van der Waals surface area contributed by atoms with Gasteiger partial charge >= 0.3 is 0 Å². The standard InChI is InChI=1S/C20H32N4O2S.HI/c1-5-21-19(23-14-20(2,3)27-4)22-12-15-7-6-8-17(11-15)26-13-18(25)24-16-9-10-16;/h6-8,11,16H,5,9-10,12-14H2,1-4H3,(H,24,25)(H2,21,22,23);1H. The lowest BCUT2D eigenvalue weighted by atomic mass is 10.2. The minimum Gasteiger partial charge on any atom is -0.484 e. The number of hydrogen-bond donors (Lipinski definition) is 3. The molecule has 0 aromatic heterocycles. The van der Waals surface area contributed by atoms with Crippen LogP contribution < -0.4 is 20.7 Å². The number of carbonyl (C=O) groups is 1. The molecule has 0 bridgehead atoms. The first-order valence-electron chi connectivity index (χ1n) is 9.50. The molecule has 0 unspecified atom stereocenters. The molecule has 8 heteroatoms. The average molecular weight is 520 g/mol. The zero-order chi connectivity index (χ0) is 19.7. The van der Waals surface area contributed by atoms with Crippen LogP contribution in [0.4, 0.5) is 0 Å². The fourth-order valence-electron chi connectivity index (χ4n) is 2.26. The van der Waals surface area contributed by atoms with Crippen molar-refractivity contribution in [3.05, 3.63) is 29.8 Å². The quantitative estimate of drug-likeness (QED) is 0.251. The zero-order valence-electron chi connectivity index (χ0n) is 17.2. The summed E-state index contributed by atoms with van der Waals surface area (Å²) in [6.07, 6.45) is 4.27. The molecule has 0 radical (unpaired) electrons. The first kappa shape index (κ1) is 24.9. The number of aliphatic imine (C=N–C) groups is 1. The summed E-state index contributed by atoms with van der Waals surface area (Å²) < 4.78 is 5.75. The third-order valence-electron chi connectivity index (χ3n) is 4.21. The van der Waals surface area contributed by atoms with Gasteiger partial charge in [-0.25, -0.2) is 4.99 Å². The van der Waals surface area contributed by atoms with Gasteiger partial charge in [-0.2, -0.15) is 11.8 Å². The second-order valence-electron chi connectivity index (χ2n) is 7.29. The van der Waals surface area contributed by atoms with E-state index in [9.17, 15) is 4.79 Å². The summed E-state index contributed by atoms with van der Waals surface area (Å²) in [6, 6.07) is 8.09. The van der Waals surface area contributed by atoms with Crippen LogP contribution in [0.25, 0.3) is 0 Å². The van der Waals surface area contributed by atoms with Crippen molar-refractivity contribution < 1.29 is 9.53 Å². The minimum atomic E-state index is -0.0593. The smallest absolute Gasteiger partial charge is 0.258 e. The predicted molar refractivity (Wildman–Crippen MR) is 129 cm³/mol. The first-order valence-corrected chi connectivity index (χ1v) is 10.7. The van der Waals surface area contributed by atoms with Gasteiger partial charge in [-0.05, 0) is 57.6 Å². The van der Waals surface area contributed by atoms with Gasteiger partial charge in [0, 0.05) is 23.9 Å². The van der Waals surface area contributed by atoms with E-state index in [1.807, 2.05) is 36.0 Å². The summed E-state index contributed by atoms with van der Waals surface area (Å²) in [7, 11) is 0. The van der Waals surface area contributed by atoms with Gasteiger partial charge < -0.3 is 20.7 Å². The van der Waals surface area contributed by atoms with Crippen molar-refractivity contribution in [3.63, 3.8) is 0 Å². The molecule has 0 aliphatic heterocycles. The molecule has 0 saturated heterocycles. The van der Waals surface area contributed by atoms with E-state index in [1.165, 1.54) is 0 Å². The summed E-state index contributed by atoms with van der Waals surface area (Å²) in [6.45, 7) is 8.70. The highest BCUT2D eigenvalue weighted by Gasteiger charge is 2.23. The Hall–Kier alpha value is -1.16. The van der Waals surface area contributed by atoms with E-state index in [1.54, 1.807) is 0 Å². The van der Waals surface area contributed by atoms with Crippen LogP contribution in [-0.4, -0.2) is 48.6 Å². The number of nitrogens with one attached hydrogen (secondary N) is 3. The molecule has 28 heavy (non-hydrogen) atoms. The van der Waals surface area contributed by atoms with Crippen LogP contribution >= 0.6 is 35.7 Å². The van der Waals surface area contributed by atoms with Gasteiger partial charge in [-0.15, -0.1) is 24.0 Å². The maximum Gasteiger partial charge on any atom is 0.258 e. The van der Waals surface area contributed by atoms with Crippen molar-refractivity contribution in [1.82, 2.24) is 16.0 Å². The Kier molecular flexibility index (Phi) is 11.0. The maximum atomic E-state index is 11.7. The van der Waals surface area contributed by atoms with Gasteiger partial charge in [0.05, 0.1) is 6.54 Å². The van der Waals surface area contributed by atoms with Gasteiger partial charge in [0.25, 0.3) is 5.91 Å². The van der Waals surface area contributed by atoms with Crippen LogP contribution in [-0.2, 0) is 11.3 Å². The van der Waals surface area contributed by atoms with Gasteiger partial charge in [0.1, 0.15) is 5.75 Å². The van der Waals surface area contributed by atoms with E-state index >= 15 is 0 Å². The van der Waals surface area contributed by atoms with Crippen molar-refractivity contribution >= 4 is 47.6 Å². The first-order chi connectivity index (χ1) is 12.9. The van der Waals surface area contributed by atoms with Crippen molar-refractivity contribution in [2.75, 3.05) is 26.0 Å². The Labute approximate surface area is 190 Å². The Morgan fingerprint density at radius 1 is 1.32 bits per heavy atom. The van der Waals surface area contributed by atoms with Gasteiger partial charge in [-0.1, -0.05) is 12.1 Å². The van der Waals surface area contributed by atoms with E-state index in [2.05, 4.69) is 48.0 Å². The van der Waals surface area contributed by atoms with Gasteiger partial charge in [0.2, 0.25) is 0 Å². The normalized spacial score (nSPS) is 14.1. The number of ether oxygens (including phenoxy) is 1. The predicted octanol–water partition coefficient (Wildman–Crippen LogP) is 3.16. The second-order valence-corrected chi connectivity index (χ2v) is 8.80. The minimum absolute atomic E-state index is 0. The molecule has 6 nitrogen and oxygen atoms in total. The number of carbonyl (C=O) groups excluding carboxylic acids is 1. The Morgan fingerprint density at radius 2 is 2.07 bits per heavy atom. The highest BCUT2D eigenvalue weighted by molar-refractivity contribution is 14.0. The fraction of sp³-hybridized carbons (Fsp3) is 0.600. The molecule has 0 heterocycles. The monoisotopic (exact) mass is 520 g/mol. The van der Waals surface area contributed by atoms with Crippen LogP contribution in [0.1, 0.15) is 39.2 Å². The summed E-state index contributed by atoms with van der Waals surface area (Å²) in [5.74, 6) is 1.43. The topological polar surface area (TPSA) is 74.8 Å². The third kappa shape index (κ3) is 9.86. The highest BCUT2D eigenvalue weighted by atomic mass is 127. The molecular formula is C20H33IN4O2S. The molecular weight excluding hydrogens is 487 g/mol. The summed E-state index contributed by atoms with van der Waals surface area (Å²) >= 11 is 1.82. The number of rotatable bonds is 10. The lowest BCUT2D eigenvalue weighted by Gasteiger charge is -2.23. The number of guanidine groups is 1. The molecule has 3 N–H and O–H groups in total. The second kappa shape index (κ2) is 12.4. The van der Waals surface area contributed by atoms with Crippen molar-refractivity contribution in [3.8, 4) is 5.75 Å². The number of benzene rings is 1. The molecule has 1 fully saturated rings. The summed E-state index contributed by atoms with van der Waals surface area (Å²) in [4.78, 5) is 16.4. The number of amides is 1. The van der Waals surface area contributed by atoms with Crippen molar-refractivity contribution in [2.45, 2.75) is 50.9 Å². The molecule has 0 atom stereocenters. The Bertz CT molecular complexity index is 651. The van der Waals surface area contributed by atoms with Crippen LogP contribution in [0.2, 0.25) is 0 Å². The van der Waals surface area contributed by atoms with E-state index in [4.69, 9.17) is 4.74 Å². The highest BCUT2D eigenvalue weighted by Crippen LogP contribution is 2.20. The average Bonchev–Trinajstić information content (AvgIpc) is 3.46. The van der Waals surface area contributed by atoms with E-state index in [0.29, 0.717) is 18.3 Å². The molecule has 158 valence electrons. The number of hydrogen-bond acceptors (Lipinski definition) is 4. The maximum absolute atomic E-state index is 11.7. The van der Waals surface area contributed by atoms with E-state index in [0.717, 1.165) is 37.5 Å². The largest absolute Gasteiger partial charge is 0.484 e. The number of nitrogens with zero attached hydrogens (tertiary/aromatic N) is 1. The molecule has 1 aliphatic rings. The summed E-state index contributed by atoms with van der Waals surface area (Å²) in [5, 5.41) is 9.59. The molecule has 1 amide bonds. The zero-order valence-corrected chi connectivity index (χ0v) is 20.4. The Balaban J connectivity index is 0.00000392. The third-order valence-corrected chi connectivity index (χ3v) is 5.46. The van der Waals surface area contributed by atoms with E-state index < -0.39 is 0 Å². The SMILES string of the molecule is CCNC(=NCc1cccc(OCC(=O)NC2CC2)c1)NCC(C)(C)SC.I. The lowest BCUT2D eigenvalue weighted by molar-refractivity contribution is -0.123. The fourth-order valence-corrected chi connectivity index (χ4v) is 2.48. The van der Waals surface area contributed by atoms with Crippen LogP contribution in [0.15, 0.2) is 29.3 Å². The summed E-state index contributed by atoms with van der Waals surface area (Å²) in [5.41, 5.74) is 1.04. The number of halogens is 1. The molecule has 1 saturated carbocycles. The van der Waals surface area contributed by atoms with Crippen LogP contribution in [0.5, 0.6) is 5.75 Å². The lowest BCUT2D eigenvalue weighted by Crippen LogP contribution is -2.43. The van der Waals surface area contributed by atoms with Crippen molar-refractivity contribution in [1.29, 1.82) is 0 Å². The molecule has 2 rings (SSSR count). The van der Waals surface area contributed by atoms with Gasteiger partial charge in [-0.3, -0.25) is 4.79 Å². The molecule has 1 aromatic rings. The van der Waals surface area contributed by atoms with Crippen LogP contribution in [0, 0.1) is 0 Å². The van der Waals surface area contributed by atoms with Crippen molar-refractivity contribution in [2.24, 2.45) is 4.99 Å². The molecule has 0 spiro atoms. The van der Waals surface area contributed by atoms with Crippen LogP contribution in [0.3, 0.4) is 0 Å². The number of thioether (sulfide) groups is 1. The molecule has 1 aliphatic carbocycles. The Morgan fingerprint density at radius 3 is 2.71 bits per heavy atom.